The van der Waals surface area contributed by atoms with Crippen molar-refractivity contribution >= 4 is 5.69 Å². The Bertz CT molecular complexity index is 502. The molecule has 1 aromatic rings. The molecule has 0 atom stereocenters. The molecule has 0 radical (unpaired) electrons. The average molecular weight is 298 g/mol. The van der Waals surface area contributed by atoms with Crippen LogP contribution in [0.2, 0.25) is 0 Å². The Hall–Kier alpha value is -1.54. The molecule has 22 heavy (non-hydrogen) atoms. The highest BCUT2D eigenvalue weighted by molar-refractivity contribution is 5.56. The number of hydrazine groups is 1. The number of allylic oxidation sites excluding steroid dienone is 2. The summed E-state index contributed by atoms with van der Waals surface area (Å²) in [6.45, 7) is 13.0. The molecule has 120 valence electrons. The Morgan fingerprint density at radius 2 is 1.68 bits per heavy atom. The van der Waals surface area contributed by atoms with Crippen molar-refractivity contribution in [1.29, 1.82) is 0 Å². The normalized spacial score (nSPS) is 16.0. The van der Waals surface area contributed by atoms with Gasteiger partial charge in [-0.15, -0.1) is 0 Å². The smallest absolute Gasteiger partial charge is 0.0585 e. The summed E-state index contributed by atoms with van der Waals surface area (Å²) in [5.41, 5.74) is 5.33. The molecule has 0 spiro atoms. The topological polar surface area (TPSA) is 6.48 Å². The molecule has 1 aliphatic heterocycles. The maximum atomic E-state index is 4.05. The fourth-order valence-electron chi connectivity index (χ4n) is 3.12. The largest absolute Gasteiger partial charge is 0.275 e. The van der Waals surface area contributed by atoms with Gasteiger partial charge in [-0.3, -0.25) is 5.01 Å². The molecule has 0 N–H and O–H groups in total. The number of rotatable bonds is 7. The second-order valence-electron chi connectivity index (χ2n) is 5.93. The van der Waals surface area contributed by atoms with Gasteiger partial charge in [-0.1, -0.05) is 39.5 Å². The number of hydrogen-bond donors (Lipinski definition) is 0. The van der Waals surface area contributed by atoms with Crippen LogP contribution in [0.3, 0.4) is 0 Å². The van der Waals surface area contributed by atoms with Crippen LogP contribution in [-0.2, 0) is 12.8 Å². The number of benzene rings is 1. The van der Waals surface area contributed by atoms with E-state index in [-0.39, 0.29) is 0 Å². The van der Waals surface area contributed by atoms with Gasteiger partial charge < -0.3 is 0 Å². The summed E-state index contributed by atoms with van der Waals surface area (Å²) in [4.78, 5) is 0. The van der Waals surface area contributed by atoms with Crippen molar-refractivity contribution in [1.82, 2.24) is 5.01 Å². The lowest BCUT2D eigenvalue weighted by molar-refractivity contribution is 0.334. The van der Waals surface area contributed by atoms with E-state index in [1.54, 1.807) is 0 Å². The third kappa shape index (κ3) is 3.80. The molecule has 1 aromatic carbocycles. The van der Waals surface area contributed by atoms with Gasteiger partial charge in [0, 0.05) is 13.1 Å². The third-order valence-electron chi connectivity index (χ3n) is 4.33. The van der Waals surface area contributed by atoms with Gasteiger partial charge in [0.1, 0.15) is 0 Å². The minimum Gasteiger partial charge on any atom is -0.275 e. The van der Waals surface area contributed by atoms with Gasteiger partial charge in [-0.05, 0) is 61.4 Å². The summed E-state index contributed by atoms with van der Waals surface area (Å²) in [6, 6.07) is 7.01. The number of anilines is 1. The molecular formula is C20H30N2. The van der Waals surface area contributed by atoms with E-state index in [2.05, 4.69) is 61.6 Å². The molecule has 0 bridgehead atoms. The Morgan fingerprint density at radius 3 is 2.14 bits per heavy atom. The molecule has 0 aromatic heterocycles. The standard InChI is InChI=1S/C20H30N2/c1-5-11-19(8-4)22(21-12-9-10-13-21)20-15-17(6-2)14-18(7-3)16-20/h8,11,14-16H,4-7,9-10,12-13H2,1-3H3/b19-11+. The molecule has 1 fully saturated rings. The lowest BCUT2D eigenvalue weighted by Gasteiger charge is -2.35. The minimum atomic E-state index is 1.03. The van der Waals surface area contributed by atoms with Crippen LogP contribution in [0.15, 0.2) is 42.6 Å². The predicted molar refractivity (Wildman–Crippen MR) is 97.1 cm³/mol. The van der Waals surface area contributed by atoms with E-state index >= 15 is 0 Å². The maximum absolute atomic E-state index is 4.05. The van der Waals surface area contributed by atoms with Crippen LogP contribution in [-0.4, -0.2) is 18.1 Å². The van der Waals surface area contributed by atoms with Crippen LogP contribution in [0, 0.1) is 0 Å². The van der Waals surface area contributed by atoms with Gasteiger partial charge in [0.2, 0.25) is 0 Å². The highest BCUT2D eigenvalue weighted by Crippen LogP contribution is 2.28. The lowest BCUT2D eigenvalue weighted by Crippen LogP contribution is -2.39. The summed E-state index contributed by atoms with van der Waals surface area (Å²) in [5.74, 6) is 0. The molecular weight excluding hydrogens is 268 g/mol. The highest BCUT2D eigenvalue weighted by atomic mass is 15.6. The van der Waals surface area contributed by atoms with E-state index in [1.165, 1.54) is 35.4 Å². The van der Waals surface area contributed by atoms with Crippen molar-refractivity contribution in [3.63, 3.8) is 0 Å². The monoisotopic (exact) mass is 298 g/mol. The van der Waals surface area contributed by atoms with E-state index in [0.717, 1.165) is 32.4 Å². The Labute approximate surface area is 136 Å². The van der Waals surface area contributed by atoms with Gasteiger partial charge in [-0.25, -0.2) is 5.01 Å². The summed E-state index contributed by atoms with van der Waals surface area (Å²) in [6.07, 6.45) is 10.0. The number of hydrogen-bond acceptors (Lipinski definition) is 2. The van der Waals surface area contributed by atoms with Crippen LogP contribution < -0.4 is 5.01 Å². The average Bonchev–Trinajstić information content (AvgIpc) is 3.08. The predicted octanol–water partition coefficient (Wildman–Crippen LogP) is 5.11. The first kappa shape index (κ1) is 16.8. The summed E-state index contributed by atoms with van der Waals surface area (Å²) < 4.78 is 0. The van der Waals surface area contributed by atoms with Crippen molar-refractivity contribution < 1.29 is 0 Å². The van der Waals surface area contributed by atoms with Gasteiger partial charge >= 0.3 is 0 Å². The van der Waals surface area contributed by atoms with Crippen LogP contribution in [0.1, 0.15) is 51.2 Å². The van der Waals surface area contributed by atoms with Gasteiger partial charge in [0.05, 0.1) is 11.4 Å². The SMILES string of the molecule is C=C/C(=C\CC)N(c1cc(CC)cc(CC)c1)N1CCCC1. The summed E-state index contributed by atoms with van der Waals surface area (Å²) in [7, 11) is 0. The second-order valence-corrected chi connectivity index (χ2v) is 5.93. The Balaban J connectivity index is 2.47. The zero-order valence-corrected chi connectivity index (χ0v) is 14.4. The Morgan fingerprint density at radius 1 is 1.09 bits per heavy atom. The molecule has 1 heterocycles. The van der Waals surface area contributed by atoms with Gasteiger partial charge in [0.25, 0.3) is 0 Å². The molecule has 2 rings (SSSR count). The third-order valence-corrected chi connectivity index (χ3v) is 4.33. The van der Waals surface area contributed by atoms with E-state index in [4.69, 9.17) is 0 Å². The van der Waals surface area contributed by atoms with Crippen molar-refractivity contribution in [3.05, 3.63) is 53.8 Å². The fourth-order valence-corrected chi connectivity index (χ4v) is 3.12. The van der Waals surface area contributed by atoms with Crippen molar-refractivity contribution in [2.45, 2.75) is 52.9 Å². The fraction of sp³-hybridized carbons (Fsp3) is 0.500. The molecule has 2 nitrogen and oxygen atoms in total. The molecule has 1 aliphatic rings. The quantitative estimate of drug-likeness (QED) is 0.645. The van der Waals surface area contributed by atoms with Crippen molar-refractivity contribution in [2.24, 2.45) is 0 Å². The first-order valence-electron chi connectivity index (χ1n) is 8.73. The van der Waals surface area contributed by atoms with E-state index < -0.39 is 0 Å². The lowest BCUT2D eigenvalue weighted by atomic mass is 10.0. The molecule has 0 unspecified atom stereocenters. The highest BCUT2D eigenvalue weighted by Gasteiger charge is 2.22. The molecule has 0 aliphatic carbocycles. The van der Waals surface area contributed by atoms with Crippen molar-refractivity contribution in [3.8, 4) is 0 Å². The van der Waals surface area contributed by atoms with E-state index in [0.29, 0.717) is 0 Å². The summed E-state index contributed by atoms with van der Waals surface area (Å²) in [5, 5.41) is 4.86. The minimum absolute atomic E-state index is 1.03. The molecule has 1 saturated heterocycles. The van der Waals surface area contributed by atoms with Gasteiger partial charge in [-0.2, -0.15) is 0 Å². The number of aryl methyl sites for hydroxylation is 2. The zero-order chi connectivity index (χ0) is 15.9. The first-order chi connectivity index (χ1) is 10.7. The van der Waals surface area contributed by atoms with Crippen LogP contribution in [0.5, 0.6) is 0 Å². The molecule has 0 amide bonds. The number of nitrogens with zero attached hydrogens (tertiary/aromatic N) is 2. The Kier molecular flexibility index (Phi) is 6.26. The van der Waals surface area contributed by atoms with Crippen LogP contribution in [0.25, 0.3) is 0 Å². The second kappa shape index (κ2) is 8.19. The summed E-state index contributed by atoms with van der Waals surface area (Å²) >= 11 is 0. The van der Waals surface area contributed by atoms with Gasteiger partial charge in [0.15, 0.2) is 0 Å². The molecule has 0 saturated carbocycles. The van der Waals surface area contributed by atoms with Crippen molar-refractivity contribution in [2.75, 3.05) is 18.1 Å². The zero-order valence-electron chi connectivity index (χ0n) is 14.4. The maximum Gasteiger partial charge on any atom is 0.0585 e. The van der Waals surface area contributed by atoms with Crippen LogP contribution in [0.4, 0.5) is 5.69 Å². The van der Waals surface area contributed by atoms with E-state index in [1.807, 2.05) is 6.08 Å². The van der Waals surface area contributed by atoms with Crippen LogP contribution >= 0.6 is 0 Å². The molecule has 2 heteroatoms. The van der Waals surface area contributed by atoms with E-state index in [9.17, 15) is 0 Å². The first-order valence-corrected chi connectivity index (χ1v) is 8.73.